The molecule has 1 aliphatic rings. The van der Waals surface area contributed by atoms with Crippen molar-refractivity contribution in [2.75, 3.05) is 33.4 Å². The number of carbonyl (C=O) groups is 1. The van der Waals surface area contributed by atoms with E-state index in [1.54, 1.807) is 7.11 Å². The average molecular weight is 346 g/mol. The normalized spacial score (nSPS) is 18.0. The molecule has 7 heteroatoms. The number of halogens is 2. The summed E-state index contributed by atoms with van der Waals surface area (Å²) in [6, 6.07) is 3.24. The van der Waals surface area contributed by atoms with Crippen LogP contribution in [0.1, 0.15) is 24.4 Å². The Bertz CT molecular complexity index is 535. The van der Waals surface area contributed by atoms with E-state index in [4.69, 9.17) is 21.1 Å². The van der Waals surface area contributed by atoms with Crippen LogP contribution in [-0.2, 0) is 14.3 Å². The Morgan fingerprint density at radius 2 is 2.13 bits per heavy atom. The number of carboxylic acid groups (broad SMARTS) is 1. The number of aliphatic carboxylic acids is 1. The van der Waals surface area contributed by atoms with Crippen LogP contribution in [0.15, 0.2) is 18.2 Å². The van der Waals surface area contributed by atoms with E-state index in [1.165, 1.54) is 18.2 Å². The van der Waals surface area contributed by atoms with E-state index < -0.39 is 17.8 Å². The monoisotopic (exact) mass is 345 g/mol. The second-order valence-electron chi connectivity index (χ2n) is 5.51. The summed E-state index contributed by atoms with van der Waals surface area (Å²) in [5, 5.41) is 9.49. The molecule has 1 aromatic rings. The van der Waals surface area contributed by atoms with Crippen LogP contribution in [0.25, 0.3) is 0 Å². The highest BCUT2D eigenvalue weighted by Crippen LogP contribution is 2.28. The highest BCUT2D eigenvalue weighted by molar-refractivity contribution is 6.30. The number of ether oxygens (including phenoxy) is 2. The molecule has 1 heterocycles. The van der Waals surface area contributed by atoms with Crippen molar-refractivity contribution in [2.24, 2.45) is 0 Å². The fraction of sp³-hybridized carbons (Fsp3) is 0.562. The summed E-state index contributed by atoms with van der Waals surface area (Å²) in [6.45, 7) is 2.29. The third-order valence-corrected chi connectivity index (χ3v) is 4.27. The second kappa shape index (κ2) is 8.59. The third kappa shape index (κ3) is 4.88. The second-order valence-corrected chi connectivity index (χ2v) is 5.92. The molecule has 0 spiro atoms. The number of piperidine rings is 1. The number of nitrogens with zero attached hydrogens (tertiary/aromatic N) is 1. The summed E-state index contributed by atoms with van der Waals surface area (Å²) >= 11 is 5.78. The molecular formula is C16H21ClFNO4. The van der Waals surface area contributed by atoms with E-state index in [0.717, 1.165) is 12.8 Å². The van der Waals surface area contributed by atoms with Crippen LogP contribution in [0.2, 0.25) is 5.02 Å². The fourth-order valence-electron chi connectivity index (χ4n) is 2.79. The Kier molecular flexibility index (Phi) is 6.77. The molecule has 0 aliphatic carbocycles. The van der Waals surface area contributed by atoms with Crippen molar-refractivity contribution in [1.29, 1.82) is 0 Å². The molecular weight excluding hydrogens is 325 g/mol. The SMILES string of the molecule is COCCOC1CCN([C@H](C(=O)O)c2ccc(F)c(Cl)c2)CC1. The van der Waals surface area contributed by atoms with Crippen LogP contribution >= 0.6 is 11.6 Å². The molecule has 0 saturated carbocycles. The molecule has 23 heavy (non-hydrogen) atoms. The minimum absolute atomic E-state index is 0.0634. The maximum Gasteiger partial charge on any atom is 0.325 e. The van der Waals surface area contributed by atoms with E-state index in [-0.39, 0.29) is 11.1 Å². The standard InChI is InChI=1S/C16H21ClFNO4/c1-22-8-9-23-12-4-6-19(7-5-12)15(16(20)21)11-2-3-14(18)13(17)10-11/h2-3,10,12,15H,4-9H2,1H3,(H,20,21)/t15-/m0/s1. The maximum atomic E-state index is 13.3. The van der Waals surface area contributed by atoms with Gasteiger partial charge >= 0.3 is 5.97 Å². The van der Waals surface area contributed by atoms with Gasteiger partial charge in [0.25, 0.3) is 0 Å². The molecule has 1 N–H and O–H groups in total. The van der Waals surface area contributed by atoms with Crippen LogP contribution in [0.4, 0.5) is 4.39 Å². The van der Waals surface area contributed by atoms with Crippen molar-refractivity contribution in [3.05, 3.63) is 34.6 Å². The van der Waals surface area contributed by atoms with Crippen molar-refractivity contribution in [3.63, 3.8) is 0 Å². The molecule has 0 radical (unpaired) electrons. The molecule has 128 valence electrons. The van der Waals surface area contributed by atoms with Gasteiger partial charge in [0.15, 0.2) is 0 Å². The van der Waals surface area contributed by atoms with Crippen molar-refractivity contribution in [2.45, 2.75) is 25.0 Å². The zero-order valence-corrected chi connectivity index (χ0v) is 13.8. The van der Waals surface area contributed by atoms with Gasteiger partial charge in [-0.2, -0.15) is 0 Å². The molecule has 5 nitrogen and oxygen atoms in total. The van der Waals surface area contributed by atoms with E-state index in [9.17, 15) is 14.3 Å². The van der Waals surface area contributed by atoms with Crippen LogP contribution in [0, 0.1) is 5.82 Å². The smallest absolute Gasteiger partial charge is 0.325 e. The number of hydrogen-bond acceptors (Lipinski definition) is 4. The maximum absolute atomic E-state index is 13.3. The topological polar surface area (TPSA) is 59.0 Å². The molecule has 1 saturated heterocycles. The number of rotatable bonds is 7. The summed E-state index contributed by atoms with van der Waals surface area (Å²) in [6.07, 6.45) is 1.62. The predicted molar refractivity (Wildman–Crippen MR) is 84.2 cm³/mol. The first kappa shape index (κ1) is 18.1. The number of methoxy groups -OCH3 is 1. The first-order valence-electron chi connectivity index (χ1n) is 7.55. The van der Waals surface area contributed by atoms with Crippen molar-refractivity contribution >= 4 is 17.6 Å². The zero-order valence-electron chi connectivity index (χ0n) is 13.0. The minimum atomic E-state index is -0.966. The molecule has 1 fully saturated rings. The largest absolute Gasteiger partial charge is 0.480 e. The minimum Gasteiger partial charge on any atom is -0.480 e. The quantitative estimate of drug-likeness (QED) is 0.770. The lowest BCUT2D eigenvalue weighted by atomic mass is 10.0. The predicted octanol–water partition coefficient (Wildman–Crippen LogP) is 2.73. The lowest BCUT2D eigenvalue weighted by molar-refractivity contribution is -0.145. The van der Waals surface area contributed by atoms with Crippen LogP contribution in [0.3, 0.4) is 0 Å². The van der Waals surface area contributed by atoms with Crippen LogP contribution in [-0.4, -0.2) is 55.5 Å². The molecule has 1 aliphatic heterocycles. The van der Waals surface area contributed by atoms with Gasteiger partial charge in [-0.25, -0.2) is 4.39 Å². The van der Waals surface area contributed by atoms with E-state index in [0.29, 0.717) is 31.9 Å². The molecule has 2 rings (SSSR count). The zero-order chi connectivity index (χ0) is 16.8. The summed E-state index contributed by atoms with van der Waals surface area (Å²) < 4.78 is 23.9. The van der Waals surface area contributed by atoms with Gasteiger partial charge in [0.05, 0.1) is 24.3 Å². The van der Waals surface area contributed by atoms with Gasteiger partial charge in [-0.15, -0.1) is 0 Å². The number of hydrogen-bond donors (Lipinski definition) is 1. The third-order valence-electron chi connectivity index (χ3n) is 3.98. The first-order valence-corrected chi connectivity index (χ1v) is 7.93. The van der Waals surface area contributed by atoms with E-state index in [2.05, 4.69) is 0 Å². The van der Waals surface area contributed by atoms with Gasteiger partial charge in [0.1, 0.15) is 11.9 Å². The van der Waals surface area contributed by atoms with Gasteiger partial charge in [0, 0.05) is 20.2 Å². The molecule has 0 aromatic heterocycles. The van der Waals surface area contributed by atoms with Crippen molar-refractivity contribution in [3.8, 4) is 0 Å². The lowest BCUT2D eigenvalue weighted by Gasteiger charge is -2.35. The fourth-order valence-corrected chi connectivity index (χ4v) is 2.98. The number of benzene rings is 1. The molecule has 0 amide bonds. The first-order chi connectivity index (χ1) is 11.0. The summed E-state index contributed by atoms with van der Waals surface area (Å²) in [7, 11) is 1.62. The summed E-state index contributed by atoms with van der Waals surface area (Å²) in [5.41, 5.74) is 0.489. The van der Waals surface area contributed by atoms with Gasteiger partial charge in [-0.05, 0) is 30.5 Å². The molecule has 0 unspecified atom stereocenters. The Morgan fingerprint density at radius 1 is 1.43 bits per heavy atom. The summed E-state index contributed by atoms with van der Waals surface area (Å²) in [5.74, 6) is -1.52. The van der Waals surface area contributed by atoms with Gasteiger partial charge in [-0.3, -0.25) is 9.69 Å². The Hall–Kier alpha value is -1.21. The Labute approximate surface area is 139 Å². The number of likely N-dealkylation sites (tertiary alicyclic amines) is 1. The van der Waals surface area contributed by atoms with E-state index >= 15 is 0 Å². The highest BCUT2D eigenvalue weighted by atomic mass is 35.5. The average Bonchev–Trinajstić information content (AvgIpc) is 2.52. The van der Waals surface area contributed by atoms with Crippen molar-refractivity contribution < 1.29 is 23.8 Å². The van der Waals surface area contributed by atoms with E-state index in [1.807, 2.05) is 4.90 Å². The lowest BCUT2D eigenvalue weighted by Crippen LogP contribution is -2.42. The summed E-state index contributed by atoms with van der Waals surface area (Å²) in [4.78, 5) is 13.5. The van der Waals surface area contributed by atoms with Crippen LogP contribution < -0.4 is 0 Å². The Morgan fingerprint density at radius 3 is 2.70 bits per heavy atom. The molecule has 0 bridgehead atoms. The van der Waals surface area contributed by atoms with Gasteiger partial charge < -0.3 is 14.6 Å². The molecule has 1 atom stereocenters. The van der Waals surface area contributed by atoms with Crippen LogP contribution in [0.5, 0.6) is 0 Å². The van der Waals surface area contributed by atoms with Gasteiger partial charge in [-0.1, -0.05) is 17.7 Å². The number of carboxylic acids is 1. The molecule has 1 aromatic carbocycles. The van der Waals surface area contributed by atoms with Crippen molar-refractivity contribution in [1.82, 2.24) is 4.90 Å². The van der Waals surface area contributed by atoms with Gasteiger partial charge in [0.2, 0.25) is 0 Å². The highest BCUT2D eigenvalue weighted by Gasteiger charge is 2.31. The Balaban J connectivity index is 2.00.